The van der Waals surface area contributed by atoms with Crippen molar-refractivity contribution in [1.29, 1.82) is 0 Å². The van der Waals surface area contributed by atoms with Crippen LogP contribution in [0, 0.1) is 5.92 Å². The van der Waals surface area contributed by atoms with E-state index in [0.29, 0.717) is 12.5 Å². The topological polar surface area (TPSA) is 32.3 Å². The highest BCUT2D eigenvalue weighted by molar-refractivity contribution is 5.96. The summed E-state index contributed by atoms with van der Waals surface area (Å²) in [5.41, 5.74) is 2.33. The zero-order valence-corrected chi connectivity index (χ0v) is 12.4. The second-order valence-corrected chi connectivity index (χ2v) is 6.39. The summed E-state index contributed by atoms with van der Waals surface area (Å²) in [4.78, 5) is 13.9. The number of nitrogens with one attached hydrogen (secondary N) is 1. The minimum Gasteiger partial charge on any atom is -0.315 e. The number of amides is 1. The number of hydrogen-bond donors (Lipinski definition) is 1. The van der Waals surface area contributed by atoms with E-state index in [0.717, 1.165) is 11.6 Å². The van der Waals surface area contributed by atoms with E-state index in [-0.39, 0.29) is 11.9 Å². The number of benzene rings is 1. The molecule has 1 fully saturated rings. The molecule has 3 nitrogen and oxygen atoms in total. The van der Waals surface area contributed by atoms with E-state index in [2.05, 4.69) is 24.4 Å². The lowest BCUT2D eigenvalue weighted by Gasteiger charge is -2.36. The SMILES string of the molecule is CC1CCC(NC2CC(=O)N(C)c3ccccc32)CC1. The van der Waals surface area contributed by atoms with E-state index in [1.165, 1.54) is 31.2 Å². The van der Waals surface area contributed by atoms with Crippen LogP contribution in [-0.2, 0) is 4.79 Å². The summed E-state index contributed by atoms with van der Waals surface area (Å²) in [7, 11) is 1.87. The maximum absolute atomic E-state index is 12.1. The first kappa shape index (κ1) is 13.6. The fourth-order valence-corrected chi connectivity index (χ4v) is 3.50. The summed E-state index contributed by atoms with van der Waals surface area (Å²) in [6.07, 6.45) is 5.67. The van der Waals surface area contributed by atoms with Crippen LogP contribution < -0.4 is 10.2 Å². The number of rotatable bonds is 2. The number of hydrogen-bond acceptors (Lipinski definition) is 2. The Kier molecular flexibility index (Phi) is 3.79. The van der Waals surface area contributed by atoms with E-state index >= 15 is 0 Å². The van der Waals surface area contributed by atoms with Gasteiger partial charge >= 0.3 is 0 Å². The van der Waals surface area contributed by atoms with Crippen molar-refractivity contribution in [2.75, 3.05) is 11.9 Å². The van der Waals surface area contributed by atoms with Gasteiger partial charge in [0.1, 0.15) is 0 Å². The minimum atomic E-state index is 0.188. The van der Waals surface area contributed by atoms with Gasteiger partial charge in [-0.3, -0.25) is 4.79 Å². The first-order chi connectivity index (χ1) is 9.65. The quantitative estimate of drug-likeness (QED) is 0.896. The van der Waals surface area contributed by atoms with Gasteiger partial charge in [0.2, 0.25) is 5.91 Å². The van der Waals surface area contributed by atoms with E-state index < -0.39 is 0 Å². The second-order valence-electron chi connectivity index (χ2n) is 6.39. The molecule has 3 rings (SSSR count). The molecule has 2 aliphatic rings. The van der Waals surface area contributed by atoms with Crippen LogP contribution in [0.5, 0.6) is 0 Å². The Labute approximate surface area is 121 Å². The van der Waals surface area contributed by atoms with Crippen molar-refractivity contribution < 1.29 is 4.79 Å². The van der Waals surface area contributed by atoms with Gasteiger partial charge in [-0.05, 0) is 43.2 Å². The number of nitrogens with zero attached hydrogens (tertiary/aromatic N) is 1. The Morgan fingerprint density at radius 2 is 1.85 bits per heavy atom. The molecule has 1 amide bonds. The summed E-state index contributed by atoms with van der Waals surface area (Å²) in [6, 6.07) is 9.03. The number of anilines is 1. The fraction of sp³-hybridized carbons (Fsp3) is 0.588. The van der Waals surface area contributed by atoms with Crippen LogP contribution in [0.25, 0.3) is 0 Å². The lowest BCUT2D eigenvalue weighted by atomic mass is 9.86. The van der Waals surface area contributed by atoms with Gasteiger partial charge in [-0.1, -0.05) is 25.1 Å². The summed E-state index contributed by atoms with van der Waals surface area (Å²) in [5, 5.41) is 3.74. The molecule has 0 spiro atoms. The number of carbonyl (C=O) groups is 1. The summed E-state index contributed by atoms with van der Waals surface area (Å²) >= 11 is 0. The third-order valence-corrected chi connectivity index (χ3v) is 4.88. The largest absolute Gasteiger partial charge is 0.315 e. The summed E-state index contributed by atoms with van der Waals surface area (Å²) in [5.74, 6) is 1.07. The predicted octanol–water partition coefficient (Wildman–Crippen LogP) is 3.26. The van der Waals surface area contributed by atoms with Gasteiger partial charge in [0.25, 0.3) is 0 Å². The molecule has 1 aliphatic carbocycles. The van der Waals surface area contributed by atoms with Gasteiger partial charge in [0.05, 0.1) is 0 Å². The zero-order valence-electron chi connectivity index (χ0n) is 12.4. The van der Waals surface area contributed by atoms with Crippen molar-refractivity contribution in [3.63, 3.8) is 0 Å². The number of fused-ring (bicyclic) bond motifs is 1. The Balaban J connectivity index is 1.77. The predicted molar refractivity (Wildman–Crippen MR) is 81.8 cm³/mol. The zero-order chi connectivity index (χ0) is 14.1. The normalized spacial score (nSPS) is 30.2. The van der Waals surface area contributed by atoms with E-state index in [9.17, 15) is 4.79 Å². The fourth-order valence-electron chi connectivity index (χ4n) is 3.50. The van der Waals surface area contributed by atoms with Crippen LogP contribution >= 0.6 is 0 Å². The first-order valence-corrected chi connectivity index (χ1v) is 7.76. The Morgan fingerprint density at radius 3 is 2.60 bits per heavy atom. The molecule has 1 unspecified atom stereocenters. The summed E-state index contributed by atoms with van der Waals surface area (Å²) in [6.45, 7) is 2.34. The molecule has 0 aromatic heterocycles. The molecule has 20 heavy (non-hydrogen) atoms. The van der Waals surface area contributed by atoms with Crippen molar-refractivity contribution in [1.82, 2.24) is 5.32 Å². The van der Waals surface area contributed by atoms with Crippen molar-refractivity contribution in [3.05, 3.63) is 29.8 Å². The van der Waals surface area contributed by atoms with Crippen LogP contribution in [0.2, 0.25) is 0 Å². The van der Waals surface area contributed by atoms with E-state index in [1.54, 1.807) is 4.90 Å². The van der Waals surface area contributed by atoms with Crippen molar-refractivity contribution in [3.8, 4) is 0 Å². The lowest BCUT2D eigenvalue weighted by Crippen LogP contribution is -2.42. The average Bonchev–Trinajstić information content (AvgIpc) is 2.47. The maximum Gasteiger partial charge on any atom is 0.228 e. The van der Waals surface area contributed by atoms with Gasteiger partial charge in [-0.25, -0.2) is 0 Å². The monoisotopic (exact) mass is 272 g/mol. The number of para-hydroxylation sites is 1. The third-order valence-electron chi connectivity index (χ3n) is 4.88. The van der Waals surface area contributed by atoms with Gasteiger partial charge in [0, 0.05) is 31.2 Å². The Morgan fingerprint density at radius 1 is 1.15 bits per heavy atom. The highest BCUT2D eigenvalue weighted by Crippen LogP contribution is 2.35. The van der Waals surface area contributed by atoms with Crippen LogP contribution in [0.1, 0.15) is 50.6 Å². The Hall–Kier alpha value is -1.35. The Bertz CT molecular complexity index is 492. The molecule has 0 radical (unpaired) electrons. The standard InChI is InChI=1S/C17H24N2O/c1-12-7-9-13(10-8-12)18-15-11-17(20)19(2)16-6-4-3-5-14(15)16/h3-6,12-13,15,18H,7-11H2,1-2H3. The molecule has 108 valence electrons. The van der Waals surface area contributed by atoms with Crippen LogP contribution in [0.3, 0.4) is 0 Å². The lowest BCUT2D eigenvalue weighted by molar-refractivity contribution is -0.119. The molecule has 1 aromatic carbocycles. The maximum atomic E-state index is 12.1. The summed E-state index contributed by atoms with van der Waals surface area (Å²) < 4.78 is 0. The molecule has 0 bridgehead atoms. The van der Waals surface area contributed by atoms with Crippen molar-refractivity contribution >= 4 is 11.6 Å². The van der Waals surface area contributed by atoms with Crippen LogP contribution in [0.4, 0.5) is 5.69 Å². The molecule has 1 aliphatic heterocycles. The first-order valence-electron chi connectivity index (χ1n) is 7.76. The third kappa shape index (κ3) is 2.59. The molecular formula is C17H24N2O. The van der Waals surface area contributed by atoms with Gasteiger partial charge < -0.3 is 10.2 Å². The molecule has 0 saturated heterocycles. The molecular weight excluding hydrogens is 248 g/mol. The molecule has 1 atom stereocenters. The molecule has 1 N–H and O–H groups in total. The van der Waals surface area contributed by atoms with Gasteiger partial charge in [-0.15, -0.1) is 0 Å². The molecule has 1 heterocycles. The molecule has 1 saturated carbocycles. The van der Waals surface area contributed by atoms with Crippen molar-refractivity contribution in [2.24, 2.45) is 5.92 Å². The highest BCUT2D eigenvalue weighted by atomic mass is 16.2. The van der Waals surface area contributed by atoms with Gasteiger partial charge in [0.15, 0.2) is 0 Å². The van der Waals surface area contributed by atoms with Gasteiger partial charge in [-0.2, -0.15) is 0 Å². The second kappa shape index (κ2) is 5.57. The molecule has 1 aromatic rings. The average molecular weight is 272 g/mol. The van der Waals surface area contributed by atoms with E-state index in [1.807, 2.05) is 19.2 Å². The molecule has 3 heteroatoms. The number of carbonyl (C=O) groups excluding carboxylic acids is 1. The minimum absolute atomic E-state index is 0.188. The highest BCUT2D eigenvalue weighted by Gasteiger charge is 2.30. The van der Waals surface area contributed by atoms with Crippen LogP contribution in [0.15, 0.2) is 24.3 Å². The smallest absolute Gasteiger partial charge is 0.228 e. The van der Waals surface area contributed by atoms with Crippen LogP contribution in [-0.4, -0.2) is 19.0 Å². The van der Waals surface area contributed by atoms with Crippen molar-refractivity contribution in [2.45, 2.75) is 51.1 Å². The van der Waals surface area contributed by atoms with E-state index in [4.69, 9.17) is 0 Å².